The smallest absolute Gasteiger partial charge is 0.168 e. The maximum Gasteiger partial charge on any atom is 0.168 e. The summed E-state index contributed by atoms with van der Waals surface area (Å²) >= 11 is 0. The highest BCUT2D eigenvalue weighted by Gasteiger charge is 2.65. The lowest BCUT2D eigenvalue weighted by atomic mass is 9.70. The normalized spacial score (nSPS) is 38.7. The fourth-order valence-electron chi connectivity index (χ4n) is 3.54. The van der Waals surface area contributed by atoms with E-state index in [0.717, 1.165) is 18.4 Å². The third-order valence-electron chi connectivity index (χ3n) is 5.29. The van der Waals surface area contributed by atoms with Crippen molar-refractivity contribution in [1.29, 1.82) is 0 Å². The lowest BCUT2D eigenvalue weighted by molar-refractivity contribution is -0.125. The predicted octanol–water partition coefficient (Wildman–Crippen LogP) is 3.87. The van der Waals surface area contributed by atoms with Crippen LogP contribution in [0.5, 0.6) is 0 Å². The van der Waals surface area contributed by atoms with E-state index in [4.69, 9.17) is 0 Å². The van der Waals surface area contributed by atoms with E-state index in [0.29, 0.717) is 5.76 Å². The molecule has 2 atom stereocenters. The molecule has 0 radical (unpaired) electrons. The SMILES string of the molecule is CC(C)(C)C(O)=C1C(=O)[C@]2(C)CC[C@H]1C2(C)C. The largest absolute Gasteiger partial charge is 0.511 e. The van der Waals surface area contributed by atoms with Gasteiger partial charge in [-0.2, -0.15) is 0 Å². The monoisotopic (exact) mass is 236 g/mol. The van der Waals surface area contributed by atoms with Crippen LogP contribution in [0.4, 0.5) is 0 Å². The number of fused-ring (bicyclic) bond motifs is 2. The topological polar surface area (TPSA) is 37.3 Å². The number of Topliss-reactive ketones (excluding diaryl/α,β-unsaturated/α-hetero) is 1. The molecule has 0 aromatic rings. The molecule has 96 valence electrons. The van der Waals surface area contributed by atoms with Crippen LogP contribution in [0.25, 0.3) is 0 Å². The lowest BCUT2D eigenvalue weighted by Gasteiger charge is -2.31. The molecule has 0 spiro atoms. The Morgan fingerprint density at radius 1 is 1.29 bits per heavy atom. The molecule has 2 fully saturated rings. The van der Waals surface area contributed by atoms with Gasteiger partial charge in [0.1, 0.15) is 5.76 Å². The summed E-state index contributed by atoms with van der Waals surface area (Å²) < 4.78 is 0. The molecular formula is C15H24O2. The van der Waals surface area contributed by atoms with Gasteiger partial charge in [-0.1, -0.05) is 41.5 Å². The van der Waals surface area contributed by atoms with Gasteiger partial charge in [-0.3, -0.25) is 4.79 Å². The van der Waals surface area contributed by atoms with E-state index >= 15 is 0 Å². The van der Waals surface area contributed by atoms with E-state index in [1.54, 1.807) is 0 Å². The van der Waals surface area contributed by atoms with E-state index in [1.807, 2.05) is 20.8 Å². The molecule has 0 saturated heterocycles. The summed E-state index contributed by atoms with van der Waals surface area (Å²) in [6.45, 7) is 12.3. The molecule has 2 aliphatic carbocycles. The second-order valence-corrected chi connectivity index (χ2v) is 7.49. The van der Waals surface area contributed by atoms with Crippen LogP contribution in [0.1, 0.15) is 54.4 Å². The van der Waals surface area contributed by atoms with Crippen LogP contribution in [-0.4, -0.2) is 10.9 Å². The number of carbonyl (C=O) groups excluding carboxylic acids is 1. The summed E-state index contributed by atoms with van der Waals surface area (Å²) in [5.41, 5.74) is 0.100. The van der Waals surface area contributed by atoms with Crippen LogP contribution in [0.3, 0.4) is 0 Å². The third kappa shape index (κ3) is 1.36. The molecule has 17 heavy (non-hydrogen) atoms. The summed E-state index contributed by atoms with van der Waals surface area (Å²) in [5.74, 6) is 0.731. The Kier molecular flexibility index (Phi) is 2.35. The first-order valence-electron chi connectivity index (χ1n) is 6.52. The zero-order chi connectivity index (χ0) is 13.2. The fourth-order valence-corrected chi connectivity index (χ4v) is 3.54. The number of rotatable bonds is 0. The van der Waals surface area contributed by atoms with Crippen LogP contribution in [0.2, 0.25) is 0 Å². The minimum absolute atomic E-state index is 0.0152. The average molecular weight is 236 g/mol. The fraction of sp³-hybridized carbons (Fsp3) is 0.800. The summed E-state index contributed by atoms with van der Waals surface area (Å²) in [6.07, 6.45) is 2.00. The predicted molar refractivity (Wildman–Crippen MR) is 68.7 cm³/mol. The minimum Gasteiger partial charge on any atom is -0.511 e. The van der Waals surface area contributed by atoms with Crippen LogP contribution in [-0.2, 0) is 4.79 Å². The first kappa shape index (κ1) is 12.7. The van der Waals surface area contributed by atoms with Crippen molar-refractivity contribution in [3.05, 3.63) is 11.3 Å². The molecule has 0 aromatic carbocycles. The van der Waals surface area contributed by atoms with Crippen molar-refractivity contribution in [1.82, 2.24) is 0 Å². The molecule has 2 bridgehead atoms. The van der Waals surface area contributed by atoms with Crippen LogP contribution in [0, 0.1) is 22.2 Å². The minimum atomic E-state index is -0.331. The second kappa shape index (κ2) is 3.15. The summed E-state index contributed by atoms with van der Waals surface area (Å²) in [5, 5.41) is 10.4. The number of aliphatic hydroxyl groups excluding tert-OH is 1. The molecule has 0 aromatic heterocycles. The van der Waals surface area contributed by atoms with Gasteiger partial charge in [0.15, 0.2) is 5.78 Å². The Morgan fingerprint density at radius 2 is 1.82 bits per heavy atom. The molecule has 0 heterocycles. The molecule has 0 amide bonds. The van der Waals surface area contributed by atoms with E-state index in [2.05, 4.69) is 20.8 Å². The Labute approximate surface area is 104 Å². The van der Waals surface area contributed by atoms with Gasteiger partial charge >= 0.3 is 0 Å². The number of hydrogen-bond acceptors (Lipinski definition) is 2. The van der Waals surface area contributed by atoms with Crippen molar-refractivity contribution in [2.75, 3.05) is 0 Å². The first-order valence-corrected chi connectivity index (χ1v) is 6.52. The highest BCUT2D eigenvalue weighted by molar-refractivity contribution is 6.05. The number of allylic oxidation sites excluding steroid dienone is 2. The van der Waals surface area contributed by atoms with Gasteiger partial charge in [-0.15, -0.1) is 0 Å². The summed E-state index contributed by atoms with van der Waals surface area (Å²) in [7, 11) is 0. The van der Waals surface area contributed by atoms with Crippen molar-refractivity contribution < 1.29 is 9.90 Å². The summed E-state index contributed by atoms with van der Waals surface area (Å²) in [6, 6.07) is 0. The zero-order valence-corrected chi connectivity index (χ0v) is 11.8. The molecule has 2 saturated carbocycles. The Bertz CT molecular complexity index is 409. The Balaban J connectivity index is 2.60. The van der Waals surface area contributed by atoms with Gasteiger partial charge in [0.25, 0.3) is 0 Å². The van der Waals surface area contributed by atoms with E-state index < -0.39 is 0 Å². The molecule has 2 heteroatoms. The summed E-state index contributed by atoms with van der Waals surface area (Å²) in [4.78, 5) is 12.6. The molecule has 2 rings (SSSR count). The average Bonchev–Trinajstić information content (AvgIpc) is 2.47. The molecular weight excluding hydrogens is 212 g/mol. The van der Waals surface area contributed by atoms with E-state index in [9.17, 15) is 9.90 Å². The highest BCUT2D eigenvalue weighted by Crippen LogP contribution is 2.66. The van der Waals surface area contributed by atoms with Crippen molar-refractivity contribution in [3.63, 3.8) is 0 Å². The quantitative estimate of drug-likeness (QED) is 0.512. The van der Waals surface area contributed by atoms with Crippen molar-refractivity contribution >= 4 is 5.78 Å². The van der Waals surface area contributed by atoms with Gasteiger partial charge in [0, 0.05) is 16.4 Å². The van der Waals surface area contributed by atoms with E-state index in [-0.39, 0.29) is 27.9 Å². The molecule has 2 aliphatic rings. The van der Waals surface area contributed by atoms with Gasteiger partial charge in [-0.05, 0) is 24.2 Å². The van der Waals surface area contributed by atoms with Crippen LogP contribution < -0.4 is 0 Å². The third-order valence-corrected chi connectivity index (χ3v) is 5.29. The Morgan fingerprint density at radius 3 is 2.18 bits per heavy atom. The van der Waals surface area contributed by atoms with Gasteiger partial charge in [0.05, 0.1) is 0 Å². The molecule has 0 unspecified atom stereocenters. The lowest BCUT2D eigenvalue weighted by Crippen LogP contribution is -2.32. The highest BCUT2D eigenvalue weighted by atomic mass is 16.3. The van der Waals surface area contributed by atoms with Crippen molar-refractivity contribution in [2.45, 2.75) is 54.4 Å². The first-order chi connectivity index (χ1) is 7.53. The van der Waals surface area contributed by atoms with Crippen molar-refractivity contribution in [2.24, 2.45) is 22.2 Å². The standard InChI is InChI=1S/C15H24O2/c1-13(2,3)11(16)10-9-7-8-15(6,12(10)17)14(9,4)5/h9,16H,7-8H2,1-6H3/t9-,15+/m1/s1. The maximum atomic E-state index is 12.6. The van der Waals surface area contributed by atoms with Gasteiger partial charge < -0.3 is 5.11 Å². The molecule has 1 N–H and O–H groups in total. The van der Waals surface area contributed by atoms with Crippen LogP contribution >= 0.6 is 0 Å². The van der Waals surface area contributed by atoms with Gasteiger partial charge in [-0.25, -0.2) is 0 Å². The number of ketones is 1. The Hall–Kier alpha value is -0.790. The second-order valence-electron chi connectivity index (χ2n) is 7.49. The molecule has 0 aliphatic heterocycles. The number of aliphatic hydroxyl groups is 1. The number of carbonyl (C=O) groups is 1. The molecule has 2 nitrogen and oxygen atoms in total. The van der Waals surface area contributed by atoms with Crippen molar-refractivity contribution in [3.8, 4) is 0 Å². The van der Waals surface area contributed by atoms with Crippen LogP contribution in [0.15, 0.2) is 11.3 Å². The van der Waals surface area contributed by atoms with Gasteiger partial charge in [0.2, 0.25) is 0 Å². The maximum absolute atomic E-state index is 12.6. The number of hydrogen-bond donors (Lipinski definition) is 1. The van der Waals surface area contributed by atoms with E-state index in [1.165, 1.54) is 0 Å². The zero-order valence-electron chi connectivity index (χ0n) is 11.8.